The molecule has 1 amide bonds. The third-order valence-corrected chi connectivity index (χ3v) is 1.73. The number of thiazole rings is 1. The Kier molecular flexibility index (Phi) is 5.19. The Morgan fingerprint density at radius 1 is 1.82 bits per heavy atom. The van der Waals surface area contributed by atoms with Crippen molar-refractivity contribution in [2.45, 2.75) is 0 Å². The highest BCUT2D eigenvalue weighted by Crippen LogP contribution is 2.09. The van der Waals surface area contributed by atoms with Gasteiger partial charge in [0.05, 0.1) is 0 Å². The van der Waals surface area contributed by atoms with Gasteiger partial charge in [-0.3, -0.25) is 4.79 Å². The molecule has 0 fully saturated rings. The fourth-order valence-corrected chi connectivity index (χ4v) is 1.05. The molecule has 1 aromatic rings. The molecule has 0 aliphatic rings. The average molecular weight is 213 g/mol. The molecule has 1 aromatic heterocycles. The third kappa shape index (κ3) is 3.55. The monoisotopic (exact) mass is 212 g/mol. The molecule has 0 radical (unpaired) electrons. The lowest BCUT2D eigenvalue weighted by Gasteiger charge is -1.93. The van der Waals surface area contributed by atoms with Crippen LogP contribution in [0.25, 0.3) is 0 Å². The molecule has 62 valence electrons. The van der Waals surface area contributed by atoms with Crippen molar-refractivity contribution in [3.63, 3.8) is 0 Å². The quantitative estimate of drug-likeness (QED) is 0.760. The number of hydrogen-bond acceptors (Lipinski definition) is 3. The van der Waals surface area contributed by atoms with E-state index in [1.165, 1.54) is 11.3 Å². The van der Waals surface area contributed by atoms with Gasteiger partial charge in [0.1, 0.15) is 5.88 Å². The summed E-state index contributed by atoms with van der Waals surface area (Å²) in [4.78, 5) is 14.4. The topological polar surface area (TPSA) is 42.0 Å². The van der Waals surface area contributed by atoms with E-state index < -0.39 is 0 Å². The summed E-state index contributed by atoms with van der Waals surface area (Å²) in [5.41, 5.74) is 0. The lowest BCUT2D eigenvalue weighted by Crippen LogP contribution is -2.11. The van der Waals surface area contributed by atoms with Gasteiger partial charge >= 0.3 is 0 Å². The summed E-state index contributed by atoms with van der Waals surface area (Å²) in [6.45, 7) is 0. The minimum absolute atomic E-state index is 0. The Labute approximate surface area is 79.2 Å². The number of rotatable bonds is 2. The highest BCUT2D eigenvalue weighted by atomic mass is 35.5. The highest BCUT2D eigenvalue weighted by molar-refractivity contribution is 7.13. The van der Waals surface area contributed by atoms with Crippen molar-refractivity contribution in [3.05, 3.63) is 11.6 Å². The Bertz CT molecular complexity index is 214. The molecule has 0 aromatic carbocycles. The fourth-order valence-electron chi connectivity index (χ4n) is 0.438. The van der Waals surface area contributed by atoms with Gasteiger partial charge in [-0.1, -0.05) is 0 Å². The summed E-state index contributed by atoms with van der Waals surface area (Å²) in [5.74, 6) is -0.254. The largest absolute Gasteiger partial charge is 0.301 e. The van der Waals surface area contributed by atoms with Gasteiger partial charge in [-0.05, 0) is 0 Å². The van der Waals surface area contributed by atoms with Gasteiger partial charge in [0, 0.05) is 11.6 Å². The van der Waals surface area contributed by atoms with Gasteiger partial charge in [-0.25, -0.2) is 4.98 Å². The number of aromatic nitrogens is 1. The maximum atomic E-state index is 10.6. The van der Waals surface area contributed by atoms with Crippen LogP contribution < -0.4 is 5.32 Å². The van der Waals surface area contributed by atoms with Crippen LogP contribution in [0.15, 0.2) is 11.6 Å². The lowest BCUT2D eigenvalue weighted by atomic mass is 10.7. The number of halogens is 2. The van der Waals surface area contributed by atoms with Crippen LogP contribution in [0.4, 0.5) is 5.13 Å². The zero-order valence-electron chi connectivity index (χ0n) is 5.41. The second kappa shape index (κ2) is 5.35. The first-order valence-corrected chi connectivity index (χ1v) is 3.99. The second-order valence-corrected chi connectivity index (χ2v) is 2.68. The van der Waals surface area contributed by atoms with Gasteiger partial charge < -0.3 is 5.32 Å². The van der Waals surface area contributed by atoms with Crippen LogP contribution in [-0.4, -0.2) is 16.8 Å². The van der Waals surface area contributed by atoms with E-state index in [1.807, 2.05) is 0 Å². The van der Waals surface area contributed by atoms with E-state index in [0.717, 1.165) is 0 Å². The van der Waals surface area contributed by atoms with E-state index in [4.69, 9.17) is 11.6 Å². The summed E-state index contributed by atoms with van der Waals surface area (Å²) in [6, 6.07) is 0. The first-order valence-electron chi connectivity index (χ1n) is 2.58. The Morgan fingerprint density at radius 2 is 2.55 bits per heavy atom. The summed E-state index contributed by atoms with van der Waals surface area (Å²) in [5, 5.41) is 4.88. The summed E-state index contributed by atoms with van der Waals surface area (Å²) >= 11 is 6.60. The van der Waals surface area contributed by atoms with Crippen LogP contribution >= 0.6 is 35.3 Å². The molecular weight excluding hydrogens is 207 g/mol. The number of nitrogens with one attached hydrogen (secondary N) is 1. The van der Waals surface area contributed by atoms with Crippen molar-refractivity contribution in [2.75, 3.05) is 11.2 Å². The molecule has 0 bridgehead atoms. The number of amides is 1. The number of hydrogen-bond donors (Lipinski definition) is 1. The van der Waals surface area contributed by atoms with Crippen LogP contribution in [0.1, 0.15) is 0 Å². The van der Waals surface area contributed by atoms with E-state index in [2.05, 4.69) is 10.3 Å². The molecule has 0 saturated heterocycles. The lowest BCUT2D eigenvalue weighted by molar-refractivity contribution is -0.113. The van der Waals surface area contributed by atoms with Crippen LogP contribution in [0.2, 0.25) is 0 Å². The molecule has 1 N–H and O–H groups in total. The van der Waals surface area contributed by atoms with Crippen molar-refractivity contribution in [3.8, 4) is 0 Å². The van der Waals surface area contributed by atoms with Crippen LogP contribution in [-0.2, 0) is 4.79 Å². The summed E-state index contributed by atoms with van der Waals surface area (Å²) in [6.07, 6.45) is 1.62. The normalized spacial score (nSPS) is 8.45. The molecule has 0 atom stereocenters. The van der Waals surface area contributed by atoms with E-state index in [9.17, 15) is 4.79 Å². The van der Waals surface area contributed by atoms with Gasteiger partial charge in [0.25, 0.3) is 0 Å². The van der Waals surface area contributed by atoms with E-state index >= 15 is 0 Å². The van der Waals surface area contributed by atoms with E-state index in [0.29, 0.717) is 5.13 Å². The zero-order valence-corrected chi connectivity index (χ0v) is 7.80. The molecule has 0 spiro atoms. The van der Waals surface area contributed by atoms with Crippen molar-refractivity contribution in [1.29, 1.82) is 0 Å². The Morgan fingerprint density at radius 3 is 3.00 bits per heavy atom. The predicted octanol–water partition coefficient (Wildman–Crippen LogP) is 1.74. The maximum Gasteiger partial charge on any atom is 0.241 e. The molecule has 0 aliphatic carbocycles. The Balaban J connectivity index is 0.000001000. The SMILES string of the molecule is Cl.O=C(CCl)Nc1nccs1. The smallest absolute Gasteiger partial charge is 0.241 e. The molecule has 0 unspecified atom stereocenters. The molecule has 3 nitrogen and oxygen atoms in total. The van der Waals surface area contributed by atoms with Crippen molar-refractivity contribution < 1.29 is 4.79 Å². The zero-order chi connectivity index (χ0) is 7.40. The highest BCUT2D eigenvalue weighted by Gasteiger charge is 1.99. The molecule has 0 saturated carbocycles. The number of anilines is 1. The van der Waals surface area contributed by atoms with Crippen LogP contribution in [0.3, 0.4) is 0 Å². The maximum absolute atomic E-state index is 10.6. The van der Waals surface area contributed by atoms with Crippen molar-refractivity contribution in [1.82, 2.24) is 4.98 Å². The van der Waals surface area contributed by atoms with Gasteiger partial charge in [-0.15, -0.1) is 35.3 Å². The molecule has 1 heterocycles. The standard InChI is InChI=1S/C5H5ClN2OS.ClH/c6-3-4(9)8-5-7-1-2-10-5;/h1-2H,3H2,(H,7,8,9);1H. The second-order valence-electron chi connectivity index (χ2n) is 1.52. The number of nitrogens with zero attached hydrogens (tertiary/aromatic N) is 1. The van der Waals surface area contributed by atoms with Gasteiger partial charge in [0.15, 0.2) is 5.13 Å². The molecule has 11 heavy (non-hydrogen) atoms. The first-order chi connectivity index (χ1) is 4.83. The Hall–Kier alpha value is -0.320. The number of carbonyl (C=O) groups excluding carboxylic acids is 1. The van der Waals surface area contributed by atoms with Crippen LogP contribution in [0, 0.1) is 0 Å². The summed E-state index contributed by atoms with van der Waals surface area (Å²) < 4.78 is 0. The van der Waals surface area contributed by atoms with Gasteiger partial charge in [-0.2, -0.15) is 0 Å². The third-order valence-electron chi connectivity index (χ3n) is 0.800. The molecule has 1 rings (SSSR count). The van der Waals surface area contributed by atoms with E-state index in [-0.39, 0.29) is 24.2 Å². The number of alkyl halides is 1. The minimum Gasteiger partial charge on any atom is -0.301 e. The van der Waals surface area contributed by atoms with Crippen molar-refractivity contribution in [2.24, 2.45) is 0 Å². The first kappa shape index (κ1) is 10.7. The van der Waals surface area contributed by atoms with Crippen LogP contribution in [0.5, 0.6) is 0 Å². The molecule has 0 aliphatic heterocycles. The molecule has 6 heteroatoms. The molecular formula is C5H6Cl2N2OS. The summed E-state index contributed by atoms with van der Waals surface area (Å²) in [7, 11) is 0. The fraction of sp³-hybridized carbons (Fsp3) is 0.200. The average Bonchev–Trinajstić information content (AvgIpc) is 2.40. The predicted molar refractivity (Wildman–Crippen MR) is 48.7 cm³/mol. The van der Waals surface area contributed by atoms with Crippen molar-refractivity contribution >= 4 is 46.4 Å². The van der Waals surface area contributed by atoms with E-state index in [1.54, 1.807) is 11.6 Å². The van der Waals surface area contributed by atoms with Gasteiger partial charge in [0.2, 0.25) is 5.91 Å². The minimum atomic E-state index is -0.225. The number of carbonyl (C=O) groups is 1.